The van der Waals surface area contributed by atoms with Crippen molar-refractivity contribution in [1.29, 1.82) is 0 Å². The lowest BCUT2D eigenvalue weighted by Crippen LogP contribution is -2.47. The molecule has 0 radical (unpaired) electrons. The molecule has 0 unspecified atom stereocenters. The van der Waals surface area contributed by atoms with Crippen LogP contribution in [0, 0.1) is 0 Å². The molecule has 2 aliphatic rings. The van der Waals surface area contributed by atoms with Gasteiger partial charge in [0, 0.05) is 40.8 Å². The van der Waals surface area contributed by atoms with Crippen LogP contribution in [0.15, 0.2) is 54.9 Å². The molecule has 1 fully saturated rings. The number of carbonyl (C=O) groups excluding carboxylic acids is 2. The van der Waals surface area contributed by atoms with E-state index >= 15 is 0 Å². The van der Waals surface area contributed by atoms with E-state index in [9.17, 15) is 9.59 Å². The van der Waals surface area contributed by atoms with E-state index in [1.54, 1.807) is 6.20 Å². The summed E-state index contributed by atoms with van der Waals surface area (Å²) in [6, 6.07) is 13.9. The van der Waals surface area contributed by atoms with E-state index in [2.05, 4.69) is 20.9 Å². The van der Waals surface area contributed by atoms with Crippen LogP contribution in [0.25, 0.3) is 21.8 Å². The summed E-state index contributed by atoms with van der Waals surface area (Å²) in [6.45, 7) is 0.903. The minimum atomic E-state index is -1.47. The van der Waals surface area contributed by atoms with Crippen molar-refractivity contribution in [3.63, 3.8) is 0 Å². The van der Waals surface area contributed by atoms with Crippen molar-refractivity contribution < 1.29 is 9.59 Å². The van der Waals surface area contributed by atoms with Gasteiger partial charge in [0.15, 0.2) is 0 Å². The van der Waals surface area contributed by atoms with E-state index in [1.165, 1.54) is 5.56 Å². The third-order valence-electron chi connectivity index (χ3n) is 6.53. The van der Waals surface area contributed by atoms with E-state index < -0.39 is 17.4 Å². The number of amides is 2. The molecule has 0 saturated carbocycles. The molecule has 2 aromatic heterocycles. The lowest BCUT2D eigenvalue weighted by Gasteiger charge is -2.26. The minimum absolute atomic E-state index is 0.341. The van der Waals surface area contributed by atoms with E-state index in [-0.39, 0.29) is 5.91 Å². The Balaban J connectivity index is 1.63. The first-order valence-corrected chi connectivity index (χ1v) is 9.90. The zero-order valence-corrected chi connectivity index (χ0v) is 15.7. The third kappa shape index (κ3) is 2.04. The Morgan fingerprint density at radius 3 is 2.79 bits per heavy atom. The molecule has 2 amide bonds. The molecule has 1 saturated heterocycles. The summed E-state index contributed by atoms with van der Waals surface area (Å²) in [4.78, 5) is 29.3. The molecule has 4 heterocycles. The van der Waals surface area contributed by atoms with Gasteiger partial charge in [-0.3, -0.25) is 14.9 Å². The van der Waals surface area contributed by atoms with Gasteiger partial charge < -0.3 is 15.3 Å². The molecular weight excluding hydrogens is 364 g/mol. The van der Waals surface area contributed by atoms with E-state index in [0.717, 1.165) is 46.8 Å². The van der Waals surface area contributed by atoms with Crippen molar-refractivity contribution in [2.75, 3.05) is 0 Å². The molecule has 2 atom stereocenters. The van der Waals surface area contributed by atoms with Crippen molar-refractivity contribution in [3.8, 4) is 0 Å². The Kier molecular flexibility index (Phi) is 3.19. The first-order valence-electron chi connectivity index (χ1n) is 9.90. The van der Waals surface area contributed by atoms with E-state index in [1.807, 2.05) is 42.6 Å². The smallest absolute Gasteiger partial charge is 0.252 e. The maximum atomic E-state index is 13.0. The summed E-state index contributed by atoms with van der Waals surface area (Å²) in [5.74, 6) is -1.58. The molecule has 6 rings (SSSR count). The number of nitrogens with one attached hydrogen (secondary N) is 2. The monoisotopic (exact) mass is 384 g/mol. The van der Waals surface area contributed by atoms with Gasteiger partial charge in [-0.05, 0) is 30.0 Å². The van der Waals surface area contributed by atoms with Crippen molar-refractivity contribution in [2.45, 2.75) is 30.8 Å². The molecule has 0 bridgehead atoms. The van der Waals surface area contributed by atoms with Crippen molar-refractivity contribution in [2.24, 2.45) is 5.73 Å². The first kappa shape index (κ1) is 16.6. The van der Waals surface area contributed by atoms with Gasteiger partial charge >= 0.3 is 0 Å². The number of nitrogens with zero attached hydrogens (tertiary/aromatic N) is 1. The lowest BCUT2D eigenvalue weighted by atomic mass is 9.76. The predicted octanol–water partition coefficient (Wildman–Crippen LogP) is 2.66. The predicted molar refractivity (Wildman–Crippen MR) is 110 cm³/mol. The second kappa shape index (κ2) is 5.58. The molecule has 6 nitrogen and oxygen atoms in total. The largest absolute Gasteiger partial charge is 0.361 e. The van der Waals surface area contributed by atoms with E-state index in [4.69, 9.17) is 5.73 Å². The number of aromatic amines is 1. The average molecular weight is 384 g/mol. The number of hydrogen-bond acceptors (Lipinski definition) is 3. The van der Waals surface area contributed by atoms with Gasteiger partial charge in [-0.15, -0.1) is 0 Å². The molecule has 0 spiro atoms. The van der Waals surface area contributed by atoms with Crippen molar-refractivity contribution >= 4 is 33.6 Å². The Morgan fingerprint density at radius 1 is 1.07 bits per heavy atom. The lowest BCUT2D eigenvalue weighted by molar-refractivity contribution is -0.126. The number of benzene rings is 2. The second-order valence-corrected chi connectivity index (χ2v) is 8.06. The maximum Gasteiger partial charge on any atom is 0.252 e. The highest BCUT2D eigenvalue weighted by Crippen LogP contribution is 2.45. The molecular formula is C23H20N4O2. The van der Waals surface area contributed by atoms with Crippen molar-refractivity contribution in [1.82, 2.24) is 14.9 Å². The summed E-state index contributed by atoms with van der Waals surface area (Å²) in [7, 11) is 0. The topological polar surface area (TPSA) is 92.9 Å². The molecule has 29 heavy (non-hydrogen) atoms. The molecule has 4 N–H and O–H groups in total. The first-order chi connectivity index (χ1) is 14.1. The van der Waals surface area contributed by atoms with Gasteiger partial charge in [0.25, 0.3) is 5.91 Å². The standard InChI is InChI=1S/C23H20N4O2/c24-23(17-11-25-18-9-2-1-7-15(17)18)19(21(28)26-22(23)29)16-12-27-10-4-6-13-5-3-8-14(16)20(13)27/h1-3,5,7-9,11-12,19,25H,4,6,10,24H2,(H,26,28,29)/t19-,23+/m1/s1. The number of fused-ring (bicyclic) bond motifs is 1. The molecule has 2 aromatic carbocycles. The van der Waals surface area contributed by atoms with Crippen LogP contribution in [0.4, 0.5) is 0 Å². The number of H-pyrrole nitrogens is 1. The Morgan fingerprint density at radius 2 is 1.90 bits per heavy atom. The van der Waals surface area contributed by atoms with Crippen LogP contribution in [0.2, 0.25) is 0 Å². The SMILES string of the molecule is N[C@]1(c2c[nH]c3ccccc23)C(=O)NC(=O)[C@H]1c1cn2c3c(cccc13)CCC2. The number of carbonyl (C=O) groups is 2. The zero-order valence-electron chi connectivity index (χ0n) is 15.7. The van der Waals surface area contributed by atoms with Crippen LogP contribution in [0.5, 0.6) is 0 Å². The van der Waals surface area contributed by atoms with Crippen LogP contribution >= 0.6 is 0 Å². The van der Waals surface area contributed by atoms with Gasteiger partial charge in [0.2, 0.25) is 5.91 Å². The van der Waals surface area contributed by atoms with Gasteiger partial charge in [0.05, 0.1) is 11.4 Å². The Labute approximate surface area is 166 Å². The number of rotatable bonds is 2. The fourth-order valence-electron chi connectivity index (χ4n) is 5.22. The van der Waals surface area contributed by atoms with Crippen LogP contribution in [-0.4, -0.2) is 21.4 Å². The van der Waals surface area contributed by atoms with Crippen LogP contribution in [0.3, 0.4) is 0 Å². The molecule has 144 valence electrons. The fraction of sp³-hybridized carbons (Fsp3) is 0.217. The number of hydrogen-bond donors (Lipinski definition) is 3. The van der Waals surface area contributed by atoms with Crippen LogP contribution in [0.1, 0.15) is 29.0 Å². The van der Waals surface area contributed by atoms with Gasteiger partial charge in [-0.2, -0.15) is 0 Å². The molecule has 0 aliphatic carbocycles. The third-order valence-corrected chi connectivity index (χ3v) is 6.53. The van der Waals surface area contributed by atoms with Crippen molar-refractivity contribution in [3.05, 3.63) is 71.5 Å². The highest BCUT2D eigenvalue weighted by molar-refractivity contribution is 6.15. The molecule has 6 heteroatoms. The highest BCUT2D eigenvalue weighted by Gasteiger charge is 2.56. The Hall–Kier alpha value is -3.38. The maximum absolute atomic E-state index is 13.0. The molecule has 2 aliphatic heterocycles. The van der Waals surface area contributed by atoms with Crippen LogP contribution < -0.4 is 11.1 Å². The quantitative estimate of drug-likeness (QED) is 0.464. The summed E-state index contributed by atoms with van der Waals surface area (Å²) < 4.78 is 2.20. The number of aromatic nitrogens is 2. The van der Waals surface area contributed by atoms with Gasteiger partial charge in [-0.1, -0.05) is 36.4 Å². The van der Waals surface area contributed by atoms with Gasteiger partial charge in [-0.25, -0.2) is 0 Å². The Bertz CT molecular complexity index is 1330. The highest BCUT2D eigenvalue weighted by atomic mass is 16.2. The normalized spacial score (nSPS) is 23.8. The van der Waals surface area contributed by atoms with Gasteiger partial charge in [0.1, 0.15) is 5.54 Å². The summed E-state index contributed by atoms with van der Waals surface area (Å²) in [6.07, 6.45) is 5.87. The second-order valence-electron chi connectivity index (χ2n) is 8.06. The molecule has 4 aromatic rings. The number of nitrogens with two attached hydrogens (primary N) is 1. The average Bonchev–Trinajstić information content (AvgIpc) is 3.37. The summed E-state index contributed by atoms with van der Waals surface area (Å²) in [5, 5.41) is 4.37. The summed E-state index contributed by atoms with van der Waals surface area (Å²) >= 11 is 0. The summed E-state index contributed by atoms with van der Waals surface area (Å²) in [5.41, 5.74) is 10.1. The number of aryl methyl sites for hydroxylation is 2. The fourth-order valence-corrected chi connectivity index (χ4v) is 5.22. The minimum Gasteiger partial charge on any atom is -0.361 e. The number of imide groups is 1. The zero-order chi connectivity index (χ0) is 19.8. The number of para-hydroxylation sites is 2. The van der Waals surface area contributed by atoms with Crippen LogP contribution in [-0.2, 0) is 28.1 Å². The van der Waals surface area contributed by atoms with E-state index in [0.29, 0.717) is 5.56 Å².